The Morgan fingerprint density at radius 3 is 3.04 bits per heavy atom. The van der Waals surface area contributed by atoms with Crippen molar-refractivity contribution in [2.45, 2.75) is 19.9 Å². The van der Waals surface area contributed by atoms with E-state index >= 15 is 0 Å². The second kappa shape index (κ2) is 7.67. The minimum atomic E-state index is -0.380. The van der Waals surface area contributed by atoms with Crippen LogP contribution >= 0.6 is 11.3 Å². The first-order valence-electron chi connectivity index (χ1n) is 8.11. The zero-order valence-electron chi connectivity index (χ0n) is 14.2. The van der Waals surface area contributed by atoms with Crippen LogP contribution < -0.4 is 5.32 Å². The van der Waals surface area contributed by atoms with E-state index in [1.54, 1.807) is 31.4 Å². The minimum Gasteiger partial charge on any atom is -0.465 e. The lowest BCUT2D eigenvalue weighted by Crippen LogP contribution is -2.26. The Labute approximate surface area is 150 Å². The van der Waals surface area contributed by atoms with Gasteiger partial charge in [-0.05, 0) is 44.2 Å². The van der Waals surface area contributed by atoms with Gasteiger partial charge in [-0.25, -0.2) is 4.79 Å². The molecule has 0 fully saturated rings. The van der Waals surface area contributed by atoms with Gasteiger partial charge in [0.15, 0.2) is 0 Å². The van der Waals surface area contributed by atoms with E-state index in [9.17, 15) is 9.59 Å². The quantitative estimate of drug-likeness (QED) is 0.655. The normalized spacial score (nSPS) is 14.5. The van der Waals surface area contributed by atoms with Crippen LogP contribution in [0.15, 0.2) is 28.9 Å². The van der Waals surface area contributed by atoms with Gasteiger partial charge in [0.25, 0.3) is 0 Å². The maximum atomic E-state index is 12.4. The summed E-state index contributed by atoms with van der Waals surface area (Å²) in [6.45, 7) is 3.72. The van der Waals surface area contributed by atoms with E-state index < -0.39 is 0 Å². The van der Waals surface area contributed by atoms with Crippen LogP contribution in [-0.2, 0) is 22.5 Å². The zero-order chi connectivity index (χ0) is 17.8. The first-order valence-corrected chi connectivity index (χ1v) is 8.93. The fourth-order valence-electron chi connectivity index (χ4n) is 2.74. The Kier molecular flexibility index (Phi) is 5.35. The van der Waals surface area contributed by atoms with Crippen molar-refractivity contribution in [1.29, 1.82) is 0 Å². The van der Waals surface area contributed by atoms with Crippen molar-refractivity contribution in [3.63, 3.8) is 0 Å². The molecule has 1 amide bonds. The van der Waals surface area contributed by atoms with Gasteiger partial charge >= 0.3 is 5.97 Å². The molecule has 0 spiro atoms. The van der Waals surface area contributed by atoms with Crippen molar-refractivity contribution in [2.75, 3.05) is 25.5 Å². The number of likely N-dealkylation sites (N-methyl/N-ethyl adjacent to an activating group) is 1. The molecule has 25 heavy (non-hydrogen) atoms. The largest absolute Gasteiger partial charge is 0.465 e. The predicted molar refractivity (Wildman–Crippen MR) is 96.7 cm³/mol. The molecule has 0 atom stereocenters. The van der Waals surface area contributed by atoms with E-state index in [1.807, 2.05) is 7.05 Å². The molecule has 1 aliphatic rings. The smallest absolute Gasteiger partial charge is 0.341 e. The summed E-state index contributed by atoms with van der Waals surface area (Å²) in [4.78, 5) is 27.9. The number of rotatable bonds is 5. The van der Waals surface area contributed by atoms with Gasteiger partial charge in [0.05, 0.1) is 18.4 Å². The molecule has 1 N–H and O–H groups in total. The molecule has 3 rings (SSSR count). The second-order valence-electron chi connectivity index (χ2n) is 5.75. The number of hydrogen-bond donors (Lipinski definition) is 1. The van der Waals surface area contributed by atoms with Crippen molar-refractivity contribution in [3.8, 4) is 0 Å². The van der Waals surface area contributed by atoms with Crippen LogP contribution in [0.5, 0.6) is 0 Å². The summed E-state index contributed by atoms with van der Waals surface area (Å²) < 4.78 is 10.4. The molecule has 132 valence electrons. The monoisotopic (exact) mass is 360 g/mol. The number of carbonyl (C=O) groups excluding carboxylic acids is 2. The lowest BCUT2D eigenvalue weighted by molar-refractivity contribution is -0.111. The molecule has 0 aromatic carbocycles. The number of ether oxygens (including phenoxy) is 1. The third kappa shape index (κ3) is 4.00. The number of hydrogen-bond acceptors (Lipinski definition) is 6. The molecule has 0 radical (unpaired) electrons. The van der Waals surface area contributed by atoms with Crippen LogP contribution in [-0.4, -0.2) is 37.0 Å². The highest BCUT2D eigenvalue weighted by atomic mass is 32.1. The Balaban J connectivity index is 1.84. The van der Waals surface area contributed by atoms with Crippen molar-refractivity contribution in [1.82, 2.24) is 4.90 Å². The average Bonchev–Trinajstić information content (AvgIpc) is 3.19. The molecule has 0 saturated carbocycles. The van der Waals surface area contributed by atoms with Crippen molar-refractivity contribution in [3.05, 3.63) is 46.2 Å². The number of carbonyl (C=O) groups is 2. The number of amides is 1. The second-order valence-corrected chi connectivity index (χ2v) is 6.86. The predicted octanol–water partition coefficient (Wildman–Crippen LogP) is 3.16. The van der Waals surface area contributed by atoms with E-state index in [2.05, 4.69) is 10.2 Å². The number of nitrogens with one attached hydrogen (secondary N) is 1. The number of furan rings is 1. The van der Waals surface area contributed by atoms with E-state index in [-0.39, 0.29) is 11.9 Å². The van der Waals surface area contributed by atoms with Gasteiger partial charge in [0.2, 0.25) is 5.91 Å². The van der Waals surface area contributed by atoms with Crippen LogP contribution in [0.25, 0.3) is 6.08 Å². The molecule has 0 saturated heterocycles. The Morgan fingerprint density at radius 2 is 2.32 bits per heavy atom. The van der Waals surface area contributed by atoms with E-state index in [0.29, 0.717) is 22.9 Å². The highest BCUT2D eigenvalue weighted by Gasteiger charge is 2.28. The topological polar surface area (TPSA) is 71.8 Å². The fraction of sp³-hybridized carbons (Fsp3) is 0.333. The molecule has 0 bridgehead atoms. The Morgan fingerprint density at radius 1 is 1.48 bits per heavy atom. The molecule has 1 aliphatic heterocycles. The van der Waals surface area contributed by atoms with Crippen molar-refractivity contribution < 1.29 is 18.7 Å². The minimum absolute atomic E-state index is 0.301. The highest BCUT2D eigenvalue weighted by molar-refractivity contribution is 7.17. The Bertz CT molecular complexity index is 792. The van der Waals surface area contributed by atoms with Crippen LogP contribution in [0.2, 0.25) is 0 Å². The average molecular weight is 360 g/mol. The van der Waals surface area contributed by atoms with Crippen LogP contribution in [0.1, 0.15) is 33.5 Å². The maximum Gasteiger partial charge on any atom is 0.341 e. The summed E-state index contributed by atoms with van der Waals surface area (Å²) in [5.74, 6) is -0.100. The van der Waals surface area contributed by atoms with E-state index in [4.69, 9.17) is 9.15 Å². The summed E-state index contributed by atoms with van der Waals surface area (Å²) in [5.41, 5.74) is 1.49. The third-order valence-electron chi connectivity index (χ3n) is 3.91. The first kappa shape index (κ1) is 17.4. The molecule has 3 heterocycles. The zero-order valence-corrected chi connectivity index (χ0v) is 15.0. The lowest BCUT2D eigenvalue weighted by Gasteiger charge is -2.22. The molecule has 0 aliphatic carbocycles. The summed E-state index contributed by atoms with van der Waals surface area (Å²) in [7, 11) is 2.04. The summed E-state index contributed by atoms with van der Waals surface area (Å²) in [5, 5.41) is 3.37. The third-order valence-corrected chi connectivity index (χ3v) is 5.04. The molecule has 7 heteroatoms. The fourth-order valence-corrected chi connectivity index (χ4v) is 4.05. The molecular weight excluding hydrogens is 340 g/mol. The Hall–Kier alpha value is -2.38. The molecule has 0 unspecified atom stereocenters. The summed E-state index contributed by atoms with van der Waals surface area (Å²) in [6, 6.07) is 3.51. The van der Waals surface area contributed by atoms with Crippen molar-refractivity contribution >= 4 is 34.3 Å². The van der Waals surface area contributed by atoms with Gasteiger partial charge in [0.1, 0.15) is 10.8 Å². The van der Waals surface area contributed by atoms with Gasteiger partial charge in [-0.2, -0.15) is 0 Å². The van der Waals surface area contributed by atoms with Gasteiger partial charge in [-0.1, -0.05) is 0 Å². The number of anilines is 1. The van der Waals surface area contributed by atoms with Gasteiger partial charge < -0.3 is 19.4 Å². The molecule has 2 aromatic heterocycles. The van der Waals surface area contributed by atoms with Crippen LogP contribution in [0.3, 0.4) is 0 Å². The number of thiophene rings is 1. The van der Waals surface area contributed by atoms with Gasteiger partial charge in [0, 0.05) is 24.0 Å². The van der Waals surface area contributed by atoms with Gasteiger partial charge in [-0.15, -0.1) is 11.3 Å². The summed E-state index contributed by atoms with van der Waals surface area (Å²) in [6.07, 6.45) is 5.29. The molecule has 6 nitrogen and oxygen atoms in total. The number of esters is 1. The van der Waals surface area contributed by atoms with E-state index in [1.165, 1.54) is 17.4 Å². The number of nitrogens with zero attached hydrogens (tertiary/aromatic N) is 1. The molecule has 2 aromatic rings. The highest BCUT2D eigenvalue weighted by Crippen LogP contribution is 2.37. The maximum absolute atomic E-state index is 12.4. The van der Waals surface area contributed by atoms with E-state index in [0.717, 1.165) is 30.0 Å². The lowest BCUT2D eigenvalue weighted by atomic mass is 10.0. The van der Waals surface area contributed by atoms with Gasteiger partial charge in [-0.3, -0.25) is 4.79 Å². The molecular formula is C18H20N2O4S. The standard InChI is InChI=1S/C18H20N2O4S/c1-3-23-18(22)16-13-8-9-20(2)11-14(13)25-17(16)19-15(21)7-6-12-5-4-10-24-12/h4-7,10H,3,8-9,11H2,1-2H3,(H,19,21)/b7-6+. The number of fused-ring (bicyclic) bond motifs is 1. The first-order chi connectivity index (χ1) is 12.1. The summed E-state index contributed by atoms with van der Waals surface area (Å²) >= 11 is 1.44. The van der Waals surface area contributed by atoms with Crippen LogP contribution in [0, 0.1) is 0 Å². The SMILES string of the molecule is CCOC(=O)c1c(NC(=O)/C=C/c2ccco2)sc2c1CCN(C)C2. The van der Waals surface area contributed by atoms with Crippen LogP contribution in [0.4, 0.5) is 5.00 Å². The van der Waals surface area contributed by atoms with Crippen molar-refractivity contribution in [2.24, 2.45) is 0 Å².